The topological polar surface area (TPSA) is 119 Å². The number of aliphatic hydroxyl groups is 1. The normalized spacial score (nSPS) is 11.0. The minimum Gasteiger partial charge on any atom is -0.452 e. The number of halogens is 3. The van der Waals surface area contributed by atoms with E-state index in [0.717, 1.165) is 12.1 Å². The molecule has 0 radical (unpaired) electrons. The summed E-state index contributed by atoms with van der Waals surface area (Å²) in [4.78, 5) is 33.3. The highest BCUT2D eigenvalue weighted by atomic mass is 19.4. The maximum absolute atomic E-state index is 13.1. The second kappa shape index (κ2) is 8.48. The smallest absolute Gasteiger partial charge is 0.418 e. The maximum atomic E-state index is 13.1. The van der Waals surface area contributed by atoms with Gasteiger partial charge >= 0.3 is 12.1 Å². The zero-order valence-electron chi connectivity index (χ0n) is 14.0. The van der Waals surface area contributed by atoms with Crippen molar-refractivity contribution in [3.05, 3.63) is 69.3 Å². The lowest BCUT2D eigenvalue weighted by atomic mass is 10.1. The van der Waals surface area contributed by atoms with Crippen molar-refractivity contribution in [2.24, 2.45) is 0 Å². The summed E-state index contributed by atoms with van der Waals surface area (Å²) >= 11 is 0. The summed E-state index contributed by atoms with van der Waals surface area (Å²) < 4.78 is 43.9. The summed E-state index contributed by atoms with van der Waals surface area (Å²) in [7, 11) is 0. The zero-order chi connectivity index (χ0) is 20.9. The van der Waals surface area contributed by atoms with Crippen LogP contribution < -0.4 is 5.32 Å². The fourth-order valence-electron chi connectivity index (χ4n) is 2.14. The van der Waals surface area contributed by atoms with Crippen LogP contribution in [0.2, 0.25) is 0 Å². The number of ether oxygens (including phenoxy) is 1. The number of hydrogen-bond donors (Lipinski definition) is 2. The molecule has 28 heavy (non-hydrogen) atoms. The number of hydrogen-bond acceptors (Lipinski definition) is 6. The van der Waals surface area contributed by atoms with Gasteiger partial charge in [-0.15, -0.1) is 0 Å². The van der Waals surface area contributed by atoms with Crippen LogP contribution in [0.5, 0.6) is 0 Å². The van der Waals surface area contributed by atoms with Crippen molar-refractivity contribution >= 4 is 23.3 Å². The molecule has 0 spiro atoms. The average molecular weight is 398 g/mol. The van der Waals surface area contributed by atoms with Gasteiger partial charge in [0, 0.05) is 12.1 Å². The van der Waals surface area contributed by atoms with E-state index in [-0.39, 0.29) is 12.2 Å². The monoisotopic (exact) mass is 398 g/mol. The molecule has 0 fully saturated rings. The number of amides is 1. The van der Waals surface area contributed by atoms with Gasteiger partial charge in [-0.3, -0.25) is 14.9 Å². The summed E-state index contributed by atoms with van der Waals surface area (Å²) in [6.07, 6.45) is -4.94. The Labute approximate surface area is 155 Å². The maximum Gasteiger partial charge on any atom is 0.418 e. The molecule has 2 N–H and O–H groups in total. The number of carbonyl (C=O) groups is 2. The summed E-state index contributed by atoms with van der Waals surface area (Å²) in [5.41, 5.74) is -2.26. The summed E-state index contributed by atoms with van der Waals surface area (Å²) in [6.45, 7) is -1.09. The van der Waals surface area contributed by atoms with Crippen molar-refractivity contribution < 1.29 is 37.5 Å². The quantitative estimate of drug-likeness (QED) is 0.439. The molecule has 0 atom stereocenters. The minimum absolute atomic E-state index is 0.0799. The van der Waals surface area contributed by atoms with Crippen molar-refractivity contribution in [1.29, 1.82) is 0 Å². The lowest BCUT2D eigenvalue weighted by molar-refractivity contribution is -0.385. The van der Waals surface area contributed by atoms with Crippen molar-refractivity contribution in [1.82, 2.24) is 0 Å². The molecular weight excluding hydrogens is 385 g/mol. The Balaban J connectivity index is 2.06. The standard InChI is InChI=1S/C17H13F3N2O6/c18-17(19,20)13-7-12(22(26)27)5-6-14(13)21-15(24)9-28-16(25)11-3-1-10(8-23)2-4-11/h1-7,23H,8-9H2,(H,21,24). The lowest BCUT2D eigenvalue weighted by Gasteiger charge is -2.13. The number of alkyl halides is 3. The average Bonchev–Trinajstić information content (AvgIpc) is 2.65. The van der Waals surface area contributed by atoms with Crippen LogP contribution in [0, 0.1) is 10.1 Å². The first-order chi connectivity index (χ1) is 13.1. The molecule has 0 unspecified atom stereocenters. The van der Waals surface area contributed by atoms with E-state index in [0.29, 0.717) is 11.6 Å². The van der Waals surface area contributed by atoms with Crippen molar-refractivity contribution in [3.8, 4) is 0 Å². The van der Waals surface area contributed by atoms with Gasteiger partial charge in [-0.25, -0.2) is 4.79 Å². The van der Waals surface area contributed by atoms with Crippen LogP contribution in [0.3, 0.4) is 0 Å². The predicted octanol–water partition coefficient (Wildman–Crippen LogP) is 2.90. The van der Waals surface area contributed by atoms with E-state index in [1.807, 2.05) is 5.32 Å². The van der Waals surface area contributed by atoms with Gasteiger partial charge in [-0.2, -0.15) is 13.2 Å². The van der Waals surface area contributed by atoms with Crippen molar-refractivity contribution in [2.75, 3.05) is 11.9 Å². The molecule has 0 saturated carbocycles. The van der Waals surface area contributed by atoms with Crippen molar-refractivity contribution in [3.63, 3.8) is 0 Å². The highest BCUT2D eigenvalue weighted by molar-refractivity contribution is 5.96. The first kappa shape index (κ1) is 20.8. The van der Waals surface area contributed by atoms with Crippen LogP contribution in [0.4, 0.5) is 24.5 Å². The zero-order valence-corrected chi connectivity index (χ0v) is 14.0. The number of non-ortho nitro benzene ring substituents is 1. The predicted molar refractivity (Wildman–Crippen MR) is 89.4 cm³/mol. The fraction of sp³-hybridized carbons (Fsp3) is 0.176. The number of nitrogens with zero attached hydrogens (tertiary/aromatic N) is 1. The summed E-state index contributed by atoms with van der Waals surface area (Å²) in [5, 5.41) is 21.5. The highest BCUT2D eigenvalue weighted by Crippen LogP contribution is 2.37. The molecule has 11 heteroatoms. The van der Waals surface area contributed by atoms with E-state index in [1.54, 1.807) is 0 Å². The third kappa shape index (κ3) is 5.27. The Bertz CT molecular complexity index is 897. The first-order valence-electron chi connectivity index (χ1n) is 7.64. The van der Waals surface area contributed by atoms with Gasteiger partial charge in [0.2, 0.25) is 0 Å². The van der Waals surface area contributed by atoms with Crippen LogP contribution in [-0.2, 0) is 22.3 Å². The molecule has 148 valence electrons. The van der Waals surface area contributed by atoms with Gasteiger partial charge in [0.25, 0.3) is 11.6 Å². The molecule has 0 saturated heterocycles. The Morgan fingerprint density at radius 2 is 1.79 bits per heavy atom. The Kier molecular flexibility index (Phi) is 6.31. The number of benzene rings is 2. The van der Waals surface area contributed by atoms with E-state index in [4.69, 9.17) is 9.84 Å². The molecule has 0 aromatic heterocycles. The van der Waals surface area contributed by atoms with E-state index in [1.165, 1.54) is 24.3 Å². The van der Waals surface area contributed by atoms with Crippen LogP contribution >= 0.6 is 0 Å². The Hall–Kier alpha value is -3.47. The van der Waals surface area contributed by atoms with E-state index in [9.17, 15) is 32.9 Å². The molecule has 2 rings (SSSR count). The van der Waals surface area contributed by atoms with Gasteiger partial charge < -0.3 is 15.2 Å². The molecular formula is C17H13F3N2O6. The number of nitrogens with one attached hydrogen (secondary N) is 1. The van der Waals surface area contributed by atoms with Crippen LogP contribution in [0.1, 0.15) is 21.5 Å². The molecule has 1 amide bonds. The molecule has 0 aliphatic carbocycles. The molecule has 0 bridgehead atoms. The number of rotatable bonds is 6. The molecule has 0 heterocycles. The lowest BCUT2D eigenvalue weighted by Crippen LogP contribution is -2.23. The van der Waals surface area contributed by atoms with Gasteiger partial charge in [-0.05, 0) is 23.8 Å². The Morgan fingerprint density at radius 3 is 2.32 bits per heavy atom. The third-order valence-electron chi connectivity index (χ3n) is 3.50. The highest BCUT2D eigenvalue weighted by Gasteiger charge is 2.35. The number of anilines is 1. The minimum atomic E-state index is -4.94. The van der Waals surface area contributed by atoms with Crippen LogP contribution in [0.25, 0.3) is 0 Å². The molecule has 0 aliphatic rings. The van der Waals surface area contributed by atoms with Gasteiger partial charge in [0.15, 0.2) is 6.61 Å². The van der Waals surface area contributed by atoms with E-state index >= 15 is 0 Å². The second-order valence-corrected chi connectivity index (χ2v) is 5.46. The fourth-order valence-corrected chi connectivity index (χ4v) is 2.14. The number of aliphatic hydroxyl groups excluding tert-OH is 1. The molecule has 8 nitrogen and oxygen atoms in total. The van der Waals surface area contributed by atoms with Crippen LogP contribution in [0.15, 0.2) is 42.5 Å². The second-order valence-electron chi connectivity index (χ2n) is 5.46. The molecule has 2 aromatic rings. The SMILES string of the molecule is O=C(COC(=O)c1ccc(CO)cc1)Nc1ccc([N+](=O)[O-])cc1C(F)(F)F. The molecule has 0 aliphatic heterocycles. The van der Waals surface area contributed by atoms with E-state index < -0.39 is 46.5 Å². The Morgan fingerprint density at radius 1 is 1.14 bits per heavy atom. The number of nitro benzene ring substituents is 1. The number of carbonyl (C=O) groups excluding carboxylic acids is 2. The van der Waals surface area contributed by atoms with Gasteiger partial charge in [-0.1, -0.05) is 12.1 Å². The first-order valence-corrected chi connectivity index (χ1v) is 7.64. The number of nitro groups is 1. The third-order valence-corrected chi connectivity index (χ3v) is 3.50. The molecule has 2 aromatic carbocycles. The van der Waals surface area contributed by atoms with Crippen molar-refractivity contribution in [2.45, 2.75) is 12.8 Å². The summed E-state index contributed by atoms with van der Waals surface area (Å²) in [5.74, 6) is -1.95. The van der Waals surface area contributed by atoms with Gasteiger partial charge in [0.1, 0.15) is 0 Å². The largest absolute Gasteiger partial charge is 0.452 e. The van der Waals surface area contributed by atoms with Crippen LogP contribution in [-0.4, -0.2) is 28.5 Å². The van der Waals surface area contributed by atoms with Gasteiger partial charge in [0.05, 0.1) is 28.3 Å². The summed E-state index contributed by atoms with van der Waals surface area (Å²) in [6, 6.07) is 7.47. The van der Waals surface area contributed by atoms with E-state index in [2.05, 4.69) is 0 Å². The number of esters is 1.